The highest BCUT2D eigenvalue weighted by molar-refractivity contribution is 6.15. The Morgan fingerprint density at radius 3 is 1.70 bits per heavy atom. The quantitative estimate of drug-likeness (QED) is 0.193. The lowest BCUT2D eigenvalue weighted by atomic mass is 10.0. The smallest absolute Gasteiger partial charge is 0.162 e. The van der Waals surface area contributed by atoms with E-state index in [-0.39, 0.29) is 0 Å². The number of nitrogens with zero attached hydrogens (tertiary/aromatic N) is 4. The van der Waals surface area contributed by atoms with E-state index in [4.69, 9.17) is 9.97 Å². The summed E-state index contributed by atoms with van der Waals surface area (Å²) in [4.78, 5) is 10.6. The van der Waals surface area contributed by atoms with Gasteiger partial charge in [0.05, 0.1) is 27.6 Å². The third-order valence-corrected chi connectivity index (χ3v) is 10.3. The Morgan fingerprint density at radius 1 is 0.340 bits per heavy atom. The van der Waals surface area contributed by atoms with Gasteiger partial charge in [0.25, 0.3) is 0 Å². The molecule has 0 saturated carbocycles. The first-order valence-corrected chi connectivity index (χ1v) is 17.0. The van der Waals surface area contributed by atoms with Crippen molar-refractivity contribution in [2.75, 3.05) is 0 Å². The summed E-state index contributed by atoms with van der Waals surface area (Å²) in [7, 11) is 0. The minimum Gasteiger partial charge on any atom is -0.309 e. The summed E-state index contributed by atoms with van der Waals surface area (Å²) in [5, 5.41) is 10.6. The molecule has 0 atom stereocenters. The van der Waals surface area contributed by atoms with Gasteiger partial charge >= 0.3 is 0 Å². The van der Waals surface area contributed by atoms with Gasteiger partial charge in [0, 0.05) is 38.2 Å². The van der Waals surface area contributed by atoms with Crippen LogP contribution in [0.25, 0.3) is 99.0 Å². The predicted octanol–water partition coefficient (Wildman–Crippen LogP) is 11.8. The molecule has 0 saturated heterocycles. The van der Waals surface area contributed by atoms with Crippen LogP contribution >= 0.6 is 0 Å². The van der Waals surface area contributed by atoms with E-state index in [9.17, 15) is 0 Å². The van der Waals surface area contributed by atoms with Gasteiger partial charge in [0.2, 0.25) is 0 Å². The van der Waals surface area contributed by atoms with Gasteiger partial charge in [0.15, 0.2) is 5.82 Å². The van der Waals surface area contributed by atoms with Crippen molar-refractivity contribution < 1.29 is 0 Å². The Hall–Kier alpha value is -6.78. The summed E-state index contributed by atoms with van der Waals surface area (Å²) in [5.41, 5.74) is 7.69. The van der Waals surface area contributed by atoms with Crippen LogP contribution in [-0.4, -0.2) is 19.1 Å². The average Bonchev–Trinajstić information content (AvgIpc) is 3.68. The van der Waals surface area contributed by atoms with Crippen LogP contribution in [-0.2, 0) is 0 Å². The molecule has 0 aliphatic rings. The maximum atomic E-state index is 5.44. The highest BCUT2D eigenvalue weighted by Crippen LogP contribution is 2.40. The van der Waals surface area contributed by atoms with Crippen LogP contribution in [0, 0.1) is 0 Å². The lowest BCUT2D eigenvalue weighted by Crippen LogP contribution is -2.03. The molecule has 0 amide bonds. The summed E-state index contributed by atoms with van der Waals surface area (Å²) >= 11 is 0. The molecule has 50 heavy (non-hydrogen) atoms. The van der Waals surface area contributed by atoms with Crippen LogP contribution in [0.2, 0.25) is 0 Å². The van der Waals surface area contributed by atoms with Gasteiger partial charge in [-0.25, -0.2) is 9.97 Å². The second-order valence-corrected chi connectivity index (χ2v) is 13.0. The van der Waals surface area contributed by atoms with Crippen molar-refractivity contribution in [1.82, 2.24) is 19.1 Å². The van der Waals surface area contributed by atoms with Crippen molar-refractivity contribution in [3.63, 3.8) is 0 Å². The minimum absolute atomic E-state index is 0.716. The van der Waals surface area contributed by atoms with Crippen molar-refractivity contribution in [3.05, 3.63) is 170 Å². The molecule has 232 valence electrons. The number of hydrogen-bond donors (Lipinski definition) is 0. The fourth-order valence-electron chi connectivity index (χ4n) is 8.03. The van der Waals surface area contributed by atoms with E-state index in [1.807, 2.05) is 0 Å². The Bertz CT molecular complexity index is 3110. The molecule has 0 fully saturated rings. The standard InChI is InChI=1S/C46H28N4/c1-2-14-31-27-44-38(26-30(31)13-1)39-28-32(49-41-22-9-6-17-34(41)35-18-7-10-23-42(35)49)24-25-43(39)50(44)46-37-19-5-8-21-40(37)47-45(48-46)36-20-11-15-29-12-3-4-16-33(29)36/h1-28H. The SMILES string of the molecule is c1ccc2cc3c(cc2c1)c1cc(-n2c4ccccc4c4ccccc42)ccc1n3-c1nc(-c2cccc3ccccc23)nc2ccccc12. The summed E-state index contributed by atoms with van der Waals surface area (Å²) < 4.78 is 4.75. The minimum atomic E-state index is 0.716. The summed E-state index contributed by atoms with van der Waals surface area (Å²) in [6.45, 7) is 0. The van der Waals surface area contributed by atoms with Gasteiger partial charge in [-0.05, 0) is 76.1 Å². The van der Waals surface area contributed by atoms with Crippen molar-refractivity contribution >= 4 is 76.1 Å². The molecule has 0 aliphatic heterocycles. The van der Waals surface area contributed by atoms with Gasteiger partial charge < -0.3 is 4.57 Å². The normalized spacial score (nSPS) is 12.0. The molecule has 4 heteroatoms. The van der Waals surface area contributed by atoms with Crippen LogP contribution in [0.3, 0.4) is 0 Å². The molecule has 0 N–H and O–H groups in total. The number of fused-ring (bicyclic) bond motifs is 9. The maximum absolute atomic E-state index is 5.44. The van der Waals surface area contributed by atoms with E-state index < -0.39 is 0 Å². The molecular weight excluding hydrogens is 609 g/mol. The molecule has 0 aliphatic carbocycles. The lowest BCUT2D eigenvalue weighted by molar-refractivity contribution is 1.08. The zero-order chi connectivity index (χ0) is 32.8. The Labute approximate surface area is 287 Å². The average molecular weight is 637 g/mol. The first kappa shape index (κ1) is 27.2. The molecule has 0 spiro atoms. The first-order chi connectivity index (χ1) is 24.8. The summed E-state index contributed by atoms with van der Waals surface area (Å²) in [5.74, 6) is 1.59. The van der Waals surface area contributed by atoms with E-state index in [2.05, 4.69) is 179 Å². The number of para-hydroxylation sites is 3. The second-order valence-electron chi connectivity index (χ2n) is 13.0. The Morgan fingerprint density at radius 2 is 0.920 bits per heavy atom. The fourth-order valence-corrected chi connectivity index (χ4v) is 8.03. The van der Waals surface area contributed by atoms with E-state index in [0.29, 0.717) is 5.82 Å². The Kier molecular flexibility index (Phi) is 5.63. The Balaban J connectivity index is 1.26. The molecule has 3 heterocycles. The van der Waals surface area contributed by atoms with Crippen LogP contribution in [0.5, 0.6) is 0 Å². The van der Waals surface area contributed by atoms with E-state index in [1.165, 1.54) is 48.7 Å². The molecule has 3 aromatic heterocycles. The van der Waals surface area contributed by atoms with Crippen molar-refractivity contribution in [3.8, 4) is 22.9 Å². The molecule has 0 radical (unpaired) electrons. The topological polar surface area (TPSA) is 35.6 Å². The van der Waals surface area contributed by atoms with Gasteiger partial charge in [0.1, 0.15) is 5.82 Å². The predicted molar refractivity (Wildman–Crippen MR) is 209 cm³/mol. The zero-order valence-electron chi connectivity index (χ0n) is 27.0. The molecule has 11 rings (SSSR count). The van der Waals surface area contributed by atoms with Crippen LogP contribution in [0.1, 0.15) is 0 Å². The van der Waals surface area contributed by atoms with Crippen molar-refractivity contribution in [2.24, 2.45) is 0 Å². The van der Waals surface area contributed by atoms with Crippen LogP contribution < -0.4 is 0 Å². The van der Waals surface area contributed by atoms with E-state index in [1.54, 1.807) is 0 Å². The van der Waals surface area contributed by atoms with Crippen LogP contribution in [0.4, 0.5) is 0 Å². The second kappa shape index (κ2) is 10.4. The third kappa shape index (κ3) is 3.87. The largest absolute Gasteiger partial charge is 0.309 e. The molecule has 0 unspecified atom stereocenters. The highest BCUT2D eigenvalue weighted by Gasteiger charge is 2.20. The van der Waals surface area contributed by atoms with Gasteiger partial charge in [-0.15, -0.1) is 0 Å². The molecular formula is C46H28N4. The fraction of sp³-hybridized carbons (Fsp3) is 0. The lowest BCUT2D eigenvalue weighted by Gasteiger charge is -2.14. The van der Waals surface area contributed by atoms with Crippen LogP contribution in [0.15, 0.2) is 170 Å². The van der Waals surface area contributed by atoms with E-state index in [0.717, 1.165) is 44.4 Å². The highest BCUT2D eigenvalue weighted by atomic mass is 15.1. The summed E-state index contributed by atoms with van der Waals surface area (Å²) in [6.07, 6.45) is 0. The number of benzene rings is 8. The summed E-state index contributed by atoms with van der Waals surface area (Å²) in [6, 6.07) is 60.8. The molecule has 8 aromatic carbocycles. The van der Waals surface area contributed by atoms with Gasteiger partial charge in [-0.2, -0.15) is 0 Å². The first-order valence-electron chi connectivity index (χ1n) is 17.0. The number of aromatic nitrogens is 4. The van der Waals surface area contributed by atoms with Gasteiger partial charge in [-0.1, -0.05) is 115 Å². The molecule has 11 aromatic rings. The number of hydrogen-bond acceptors (Lipinski definition) is 2. The zero-order valence-corrected chi connectivity index (χ0v) is 27.0. The van der Waals surface area contributed by atoms with E-state index >= 15 is 0 Å². The monoisotopic (exact) mass is 636 g/mol. The molecule has 4 nitrogen and oxygen atoms in total. The van der Waals surface area contributed by atoms with Gasteiger partial charge in [-0.3, -0.25) is 4.57 Å². The van der Waals surface area contributed by atoms with Crippen molar-refractivity contribution in [2.45, 2.75) is 0 Å². The third-order valence-electron chi connectivity index (χ3n) is 10.3. The number of rotatable bonds is 3. The maximum Gasteiger partial charge on any atom is 0.162 e. The van der Waals surface area contributed by atoms with Crippen molar-refractivity contribution in [1.29, 1.82) is 0 Å². The molecule has 0 bridgehead atoms.